The summed E-state index contributed by atoms with van der Waals surface area (Å²) in [5, 5.41) is 10.5. The van der Waals surface area contributed by atoms with Crippen molar-refractivity contribution in [2.75, 3.05) is 5.32 Å². The van der Waals surface area contributed by atoms with Gasteiger partial charge in [0, 0.05) is 10.8 Å². The Morgan fingerprint density at radius 2 is 2.14 bits per heavy atom. The van der Waals surface area contributed by atoms with Crippen molar-refractivity contribution in [1.82, 2.24) is 10.2 Å². The number of thiophene rings is 1. The summed E-state index contributed by atoms with van der Waals surface area (Å²) in [5.41, 5.74) is 0. The van der Waals surface area contributed by atoms with Crippen molar-refractivity contribution in [3.05, 3.63) is 27.2 Å². The summed E-state index contributed by atoms with van der Waals surface area (Å²) in [6.07, 6.45) is 5.88. The van der Waals surface area contributed by atoms with Crippen LogP contribution in [0.25, 0.3) is 0 Å². The molecule has 0 aromatic carbocycles. The topological polar surface area (TPSA) is 68.0 Å². The second-order valence-electron chi connectivity index (χ2n) is 5.21. The normalized spacial score (nSPS) is 16.0. The van der Waals surface area contributed by atoms with Crippen molar-refractivity contribution in [2.24, 2.45) is 5.92 Å². The van der Waals surface area contributed by atoms with E-state index >= 15 is 0 Å². The number of halogens is 1. The second-order valence-corrected chi connectivity index (χ2v) is 7.01. The molecule has 112 valence electrons. The molecular formula is C14H16ClN3O2S. The molecule has 0 bridgehead atoms. The van der Waals surface area contributed by atoms with Crippen LogP contribution < -0.4 is 5.32 Å². The molecular weight excluding hydrogens is 310 g/mol. The molecule has 0 unspecified atom stereocenters. The van der Waals surface area contributed by atoms with Gasteiger partial charge < -0.3 is 4.42 Å². The number of rotatable bonds is 4. The van der Waals surface area contributed by atoms with Gasteiger partial charge in [0.15, 0.2) is 0 Å². The molecule has 0 aliphatic heterocycles. The van der Waals surface area contributed by atoms with Gasteiger partial charge in [0.2, 0.25) is 11.8 Å². The van der Waals surface area contributed by atoms with E-state index < -0.39 is 0 Å². The number of nitrogens with one attached hydrogen (secondary N) is 1. The zero-order chi connectivity index (χ0) is 14.7. The molecule has 1 aliphatic rings. The van der Waals surface area contributed by atoms with Crippen LogP contribution >= 0.6 is 22.9 Å². The van der Waals surface area contributed by atoms with Crippen molar-refractivity contribution in [2.45, 2.75) is 38.5 Å². The Bertz CT molecular complexity index is 619. The minimum atomic E-state index is -0.0101. The Morgan fingerprint density at radius 1 is 1.33 bits per heavy atom. The predicted octanol–water partition coefficient (Wildman–Crippen LogP) is 3.89. The number of hydrogen-bond acceptors (Lipinski definition) is 5. The predicted molar refractivity (Wildman–Crippen MR) is 81.6 cm³/mol. The standard InChI is InChI=1S/C14H16ClN3O2S/c15-11-7-6-10(21-11)8-12-17-18-14(20-12)16-13(19)9-4-2-1-3-5-9/h6-7,9H,1-5,8H2,(H,16,18,19). The van der Waals surface area contributed by atoms with Gasteiger partial charge in [-0.25, -0.2) is 0 Å². The number of carbonyl (C=O) groups is 1. The van der Waals surface area contributed by atoms with E-state index in [1.807, 2.05) is 12.1 Å². The largest absolute Gasteiger partial charge is 0.407 e. The van der Waals surface area contributed by atoms with Crippen molar-refractivity contribution in [1.29, 1.82) is 0 Å². The van der Waals surface area contributed by atoms with Crippen molar-refractivity contribution < 1.29 is 9.21 Å². The summed E-state index contributed by atoms with van der Waals surface area (Å²) in [7, 11) is 0. The molecule has 1 aliphatic carbocycles. The van der Waals surface area contributed by atoms with E-state index in [1.165, 1.54) is 17.8 Å². The first kappa shape index (κ1) is 14.5. The maximum atomic E-state index is 12.1. The Balaban J connectivity index is 1.58. The van der Waals surface area contributed by atoms with Gasteiger partial charge in [0.1, 0.15) is 0 Å². The summed E-state index contributed by atoms with van der Waals surface area (Å²) in [6, 6.07) is 3.95. The molecule has 1 amide bonds. The molecule has 1 N–H and O–H groups in total. The molecule has 0 radical (unpaired) electrons. The van der Waals surface area contributed by atoms with E-state index in [1.54, 1.807) is 0 Å². The number of aromatic nitrogens is 2. The number of amides is 1. The Labute approximate surface area is 131 Å². The lowest BCUT2D eigenvalue weighted by Crippen LogP contribution is -2.24. The minimum Gasteiger partial charge on any atom is -0.407 e. The van der Waals surface area contributed by atoms with Crippen LogP contribution in [0.5, 0.6) is 0 Å². The summed E-state index contributed by atoms with van der Waals surface area (Å²) < 4.78 is 6.20. The van der Waals surface area contributed by atoms with E-state index in [9.17, 15) is 4.79 Å². The Morgan fingerprint density at radius 3 is 2.86 bits per heavy atom. The lowest BCUT2D eigenvalue weighted by atomic mass is 9.89. The highest BCUT2D eigenvalue weighted by Gasteiger charge is 2.22. The Kier molecular flexibility index (Phi) is 4.55. The van der Waals surface area contributed by atoms with Gasteiger partial charge in [-0.15, -0.1) is 16.4 Å². The average Bonchev–Trinajstić information content (AvgIpc) is 3.09. The average molecular weight is 326 g/mol. The minimum absolute atomic E-state index is 0.0101. The van der Waals surface area contributed by atoms with E-state index in [2.05, 4.69) is 15.5 Å². The number of anilines is 1. The first-order chi connectivity index (χ1) is 10.2. The fourth-order valence-corrected chi connectivity index (χ4v) is 3.62. The van der Waals surface area contributed by atoms with Gasteiger partial charge in [-0.1, -0.05) is 36.0 Å². The maximum absolute atomic E-state index is 12.1. The van der Waals surface area contributed by atoms with Crippen LogP contribution in [0.2, 0.25) is 4.34 Å². The van der Waals surface area contributed by atoms with E-state index in [0.29, 0.717) is 12.3 Å². The molecule has 0 atom stereocenters. The maximum Gasteiger partial charge on any atom is 0.322 e. The number of nitrogens with zero attached hydrogens (tertiary/aromatic N) is 2. The first-order valence-corrected chi connectivity index (χ1v) is 8.27. The van der Waals surface area contributed by atoms with Crippen LogP contribution in [-0.4, -0.2) is 16.1 Å². The summed E-state index contributed by atoms with van der Waals surface area (Å²) in [4.78, 5) is 13.1. The highest BCUT2D eigenvalue weighted by molar-refractivity contribution is 7.16. The molecule has 1 saturated carbocycles. The van der Waals surface area contributed by atoms with Crippen LogP contribution in [0, 0.1) is 5.92 Å². The van der Waals surface area contributed by atoms with Crippen LogP contribution in [0.15, 0.2) is 16.5 Å². The van der Waals surface area contributed by atoms with Crippen LogP contribution in [0.1, 0.15) is 42.9 Å². The lowest BCUT2D eigenvalue weighted by molar-refractivity contribution is -0.120. The van der Waals surface area contributed by atoms with Crippen molar-refractivity contribution in [3.63, 3.8) is 0 Å². The fraction of sp³-hybridized carbons (Fsp3) is 0.500. The third kappa shape index (κ3) is 3.83. The van der Waals surface area contributed by atoms with Gasteiger partial charge in [-0.2, -0.15) is 0 Å². The highest BCUT2D eigenvalue weighted by Crippen LogP contribution is 2.26. The summed E-state index contributed by atoms with van der Waals surface area (Å²) in [5.74, 6) is 0.543. The summed E-state index contributed by atoms with van der Waals surface area (Å²) >= 11 is 7.36. The van der Waals surface area contributed by atoms with Gasteiger partial charge in [-0.05, 0) is 25.0 Å². The van der Waals surface area contributed by atoms with Gasteiger partial charge in [0.25, 0.3) is 0 Å². The van der Waals surface area contributed by atoms with Crippen LogP contribution in [0.3, 0.4) is 0 Å². The zero-order valence-electron chi connectivity index (χ0n) is 11.5. The molecule has 5 nitrogen and oxygen atoms in total. The van der Waals surface area contributed by atoms with Gasteiger partial charge in [-0.3, -0.25) is 10.1 Å². The van der Waals surface area contributed by atoms with E-state index in [4.69, 9.17) is 16.0 Å². The van der Waals surface area contributed by atoms with E-state index in [-0.39, 0.29) is 17.8 Å². The molecule has 3 rings (SSSR count). The fourth-order valence-electron chi connectivity index (χ4n) is 2.54. The quantitative estimate of drug-likeness (QED) is 0.925. The molecule has 2 aromatic rings. The molecule has 2 aromatic heterocycles. The number of hydrogen-bond donors (Lipinski definition) is 1. The first-order valence-electron chi connectivity index (χ1n) is 7.08. The smallest absolute Gasteiger partial charge is 0.322 e. The van der Waals surface area contributed by atoms with Crippen LogP contribution in [-0.2, 0) is 11.2 Å². The van der Waals surface area contributed by atoms with Crippen molar-refractivity contribution >= 4 is 34.9 Å². The third-order valence-electron chi connectivity index (χ3n) is 3.63. The Hall–Kier alpha value is -1.40. The third-order valence-corrected chi connectivity index (χ3v) is 4.86. The molecule has 0 spiro atoms. The molecule has 1 fully saturated rings. The number of carbonyl (C=O) groups excluding carboxylic acids is 1. The zero-order valence-corrected chi connectivity index (χ0v) is 13.0. The molecule has 21 heavy (non-hydrogen) atoms. The molecule has 0 saturated heterocycles. The monoisotopic (exact) mass is 325 g/mol. The summed E-state index contributed by atoms with van der Waals surface area (Å²) in [6.45, 7) is 0. The highest BCUT2D eigenvalue weighted by atomic mass is 35.5. The van der Waals surface area contributed by atoms with Crippen LogP contribution in [0.4, 0.5) is 6.01 Å². The van der Waals surface area contributed by atoms with Gasteiger partial charge >= 0.3 is 6.01 Å². The molecule has 2 heterocycles. The van der Waals surface area contributed by atoms with Gasteiger partial charge in [0.05, 0.1) is 10.8 Å². The second kappa shape index (κ2) is 6.58. The SMILES string of the molecule is O=C(Nc1nnc(Cc2ccc(Cl)s2)o1)C1CCCCC1. The molecule has 7 heteroatoms. The van der Waals surface area contributed by atoms with E-state index in [0.717, 1.165) is 34.9 Å². The van der Waals surface area contributed by atoms with Crippen molar-refractivity contribution in [3.8, 4) is 0 Å². The lowest BCUT2D eigenvalue weighted by Gasteiger charge is -2.19.